The Morgan fingerprint density at radius 1 is 1.41 bits per heavy atom. The summed E-state index contributed by atoms with van der Waals surface area (Å²) < 4.78 is 2.04. The molecule has 1 aromatic carbocycles. The highest BCUT2D eigenvalue weighted by molar-refractivity contribution is 8.01. The molecular formula is C16H19ClN2OS2. The van der Waals surface area contributed by atoms with Crippen molar-refractivity contribution in [2.75, 3.05) is 12.8 Å². The Balaban J connectivity index is 1.59. The minimum atomic E-state index is 0.203. The van der Waals surface area contributed by atoms with Crippen LogP contribution in [0.1, 0.15) is 32.1 Å². The van der Waals surface area contributed by atoms with Gasteiger partial charge in [-0.25, -0.2) is 4.98 Å². The molecular weight excluding hydrogens is 336 g/mol. The predicted molar refractivity (Wildman–Crippen MR) is 95.0 cm³/mol. The van der Waals surface area contributed by atoms with Gasteiger partial charge in [-0.15, -0.1) is 11.3 Å². The van der Waals surface area contributed by atoms with Crippen molar-refractivity contribution in [3.63, 3.8) is 0 Å². The zero-order chi connectivity index (χ0) is 15.5. The molecule has 3 nitrogen and oxygen atoms in total. The fourth-order valence-electron chi connectivity index (χ4n) is 2.84. The van der Waals surface area contributed by atoms with Crippen molar-refractivity contribution in [2.24, 2.45) is 0 Å². The third kappa shape index (κ3) is 3.76. The summed E-state index contributed by atoms with van der Waals surface area (Å²) in [5.41, 5.74) is 0.910. The maximum atomic E-state index is 12.3. The highest BCUT2D eigenvalue weighted by atomic mass is 35.5. The van der Waals surface area contributed by atoms with Crippen LogP contribution in [0.25, 0.3) is 10.2 Å². The van der Waals surface area contributed by atoms with Gasteiger partial charge in [-0.1, -0.05) is 42.6 Å². The highest BCUT2D eigenvalue weighted by Gasteiger charge is 2.22. The molecule has 1 saturated carbocycles. The minimum Gasteiger partial charge on any atom is -0.342 e. The molecule has 1 aromatic heterocycles. The first-order valence-corrected chi connectivity index (χ1v) is 9.76. The standard InChI is InChI=1S/C16H19ClN2OS2/c1-19(12-5-3-2-4-6-12)15(20)10-21-16-18-13-9-11(17)7-8-14(13)22-16/h7-9,12H,2-6,10H2,1H3. The van der Waals surface area contributed by atoms with Crippen LogP contribution < -0.4 is 0 Å². The van der Waals surface area contributed by atoms with Gasteiger partial charge in [0.15, 0.2) is 4.34 Å². The van der Waals surface area contributed by atoms with Crippen LogP contribution in [0.4, 0.5) is 0 Å². The van der Waals surface area contributed by atoms with E-state index < -0.39 is 0 Å². The van der Waals surface area contributed by atoms with Gasteiger partial charge in [-0.3, -0.25) is 4.79 Å². The fourth-order valence-corrected chi connectivity index (χ4v) is 4.98. The van der Waals surface area contributed by atoms with Gasteiger partial charge in [-0.2, -0.15) is 0 Å². The van der Waals surface area contributed by atoms with Crippen LogP contribution in [0.15, 0.2) is 22.5 Å². The average molecular weight is 355 g/mol. The van der Waals surface area contributed by atoms with Crippen LogP contribution >= 0.6 is 34.7 Å². The Morgan fingerprint density at radius 2 is 2.18 bits per heavy atom. The molecule has 0 aliphatic heterocycles. The summed E-state index contributed by atoms with van der Waals surface area (Å²) in [6.45, 7) is 0. The molecule has 0 atom stereocenters. The molecule has 118 valence electrons. The maximum Gasteiger partial charge on any atom is 0.233 e. The molecule has 1 aliphatic rings. The highest BCUT2D eigenvalue weighted by Crippen LogP contribution is 2.31. The lowest BCUT2D eigenvalue weighted by atomic mass is 9.94. The predicted octanol–water partition coefficient (Wildman–Crippen LogP) is 4.83. The van der Waals surface area contributed by atoms with Crippen molar-refractivity contribution in [1.82, 2.24) is 9.88 Å². The number of hydrogen-bond acceptors (Lipinski definition) is 4. The summed E-state index contributed by atoms with van der Waals surface area (Å²) in [4.78, 5) is 18.8. The monoisotopic (exact) mass is 354 g/mol. The van der Waals surface area contributed by atoms with E-state index in [2.05, 4.69) is 4.98 Å². The van der Waals surface area contributed by atoms with E-state index >= 15 is 0 Å². The van der Waals surface area contributed by atoms with Crippen LogP contribution in [-0.2, 0) is 4.79 Å². The summed E-state index contributed by atoms with van der Waals surface area (Å²) in [5, 5.41) is 0.697. The third-order valence-corrected chi connectivity index (χ3v) is 6.56. The van der Waals surface area contributed by atoms with E-state index in [1.165, 1.54) is 31.0 Å². The number of amides is 1. The Morgan fingerprint density at radius 3 is 2.95 bits per heavy atom. The molecule has 0 bridgehead atoms. The lowest BCUT2D eigenvalue weighted by Crippen LogP contribution is -2.39. The largest absolute Gasteiger partial charge is 0.342 e. The smallest absolute Gasteiger partial charge is 0.233 e. The molecule has 3 rings (SSSR count). The number of nitrogens with zero attached hydrogens (tertiary/aromatic N) is 2. The normalized spacial score (nSPS) is 16.1. The summed E-state index contributed by atoms with van der Waals surface area (Å²) >= 11 is 9.12. The Bertz CT molecular complexity index is 667. The van der Waals surface area contributed by atoms with Gasteiger partial charge < -0.3 is 4.90 Å². The number of carbonyl (C=O) groups is 1. The zero-order valence-corrected chi connectivity index (χ0v) is 14.9. The number of fused-ring (bicyclic) bond motifs is 1. The first-order valence-electron chi connectivity index (χ1n) is 7.58. The topological polar surface area (TPSA) is 33.2 Å². The van der Waals surface area contributed by atoms with E-state index in [9.17, 15) is 4.79 Å². The second kappa shape index (κ2) is 7.20. The number of thiazole rings is 1. The number of thioether (sulfide) groups is 1. The van der Waals surface area contributed by atoms with E-state index in [0.717, 1.165) is 27.4 Å². The first kappa shape index (κ1) is 16.1. The molecule has 1 amide bonds. The molecule has 0 saturated heterocycles. The van der Waals surface area contributed by atoms with Gasteiger partial charge in [0.1, 0.15) is 0 Å². The second-order valence-electron chi connectivity index (χ2n) is 5.68. The van der Waals surface area contributed by atoms with Gasteiger partial charge in [0.05, 0.1) is 16.0 Å². The Kier molecular flexibility index (Phi) is 5.26. The van der Waals surface area contributed by atoms with Crippen molar-refractivity contribution in [3.05, 3.63) is 23.2 Å². The van der Waals surface area contributed by atoms with E-state index in [4.69, 9.17) is 11.6 Å². The number of rotatable bonds is 4. The number of benzene rings is 1. The molecule has 1 aliphatic carbocycles. The van der Waals surface area contributed by atoms with Crippen LogP contribution in [0.5, 0.6) is 0 Å². The maximum absolute atomic E-state index is 12.3. The van der Waals surface area contributed by atoms with Gasteiger partial charge in [-0.05, 0) is 31.0 Å². The SMILES string of the molecule is CN(C(=O)CSc1nc2cc(Cl)ccc2s1)C1CCCCC1. The molecule has 0 N–H and O–H groups in total. The molecule has 2 aromatic rings. The van der Waals surface area contributed by atoms with Gasteiger partial charge >= 0.3 is 0 Å². The molecule has 22 heavy (non-hydrogen) atoms. The van der Waals surface area contributed by atoms with Crippen LogP contribution in [-0.4, -0.2) is 34.6 Å². The molecule has 0 spiro atoms. The van der Waals surface area contributed by atoms with Crippen LogP contribution in [0.3, 0.4) is 0 Å². The fraction of sp³-hybridized carbons (Fsp3) is 0.500. The summed E-state index contributed by atoms with van der Waals surface area (Å²) in [6.07, 6.45) is 6.09. The molecule has 6 heteroatoms. The summed E-state index contributed by atoms with van der Waals surface area (Å²) in [5.74, 6) is 0.662. The van der Waals surface area contributed by atoms with Gasteiger partial charge in [0, 0.05) is 18.1 Å². The summed E-state index contributed by atoms with van der Waals surface area (Å²) in [6, 6.07) is 6.15. The zero-order valence-electron chi connectivity index (χ0n) is 12.5. The number of aromatic nitrogens is 1. The number of carbonyl (C=O) groups excluding carboxylic acids is 1. The van der Waals surface area contributed by atoms with E-state index in [0.29, 0.717) is 16.8 Å². The minimum absolute atomic E-state index is 0.203. The first-order chi connectivity index (χ1) is 10.6. The molecule has 0 unspecified atom stereocenters. The third-order valence-electron chi connectivity index (χ3n) is 4.16. The van der Waals surface area contributed by atoms with Crippen molar-refractivity contribution in [2.45, 2.75) is 42.5 Å². The lowest BCUT2D eigenvalue weighted by Gasteiger charge is -2.31. The second-order valence-corrected chi connectivity index (χ2v) is 8.37. The lowest BCUT2D eigenvalue weighted by molar-refractivity contribution is -0.129. The van der Waals surface area contributed by atoms with Crippen LogP contribution in [0.2, 0.25) is 5.02 Å². The van der Waals surface area contributed by atoms with E-state index in [-0.39, 0.29) is 5.91 Å². The number of halogens is 1. The summed E-state index contributed by atoms with van der Waals surface area (Å²) in [7, 11) is 1.94. The van der Waals surface area contributed by atoms with E-state index in [1.807, 2.05) is 30.1 Å². The Labute approximate surface area is 144 Å². The quantitative estimate of drug-likeness (QED) is 0.737. The van der Waals surface area contributed by atoms with Crippen molar-refractivity contribution in [1.29, 1.82) is 0 Å². The number of hydrogen-bond donors (Lipinski definition) is 0. The van der Waals surface area contributed by atoms with Crippen molar-refractivity contribution < 1.29 is 4.79 Å². The molecule has 0 radical (unpaired) electrons. The van der Waals surface area contributed by atoms with Crippen LogP contribution in [0, 0.1) is 0 Å². The Hall–Kier alpha value is -0.780. The van der Waals surface area contributed by atoms with Gasteiger partial charge in [0.2, 0.25) is 5.91 Å². The molecule has 1 fully saturated rings. The van der Waals surface area contributed by atoms with Crippen molar-refractivity contribution >= 4 is 50.8 Å². The van der Waals surface area contributed by atoms with Crippen molar-refractivity contribution in [3.8, 4) is 0 Å². The average Bonchev–Trinajstić information content (AvgIpc) is 2.94. The van der Waals surface area contributed by atoms with Gasteiger partial charge in [0.25, 0.3) is 0 Å². The molecule has 1 heterocycles. The van der Waals surface area contributed by atoms with E-state index in [1.54, 1.807) is 11.3 Å².